The topological polar surface area (TPSA) is 69.0 Å². The molecule has 0 saturated heterocycles. The van der Waals surface area contributed by atoms with E-state index in [9.17, 15) is 9.59 Å². The van der Waals surface area contributed by atoms with Crippen molar-refractivity contribution in [1.29, 1.82) is 0 Å². The summed E-state index contributed by atoms with van der Waals surface area (Å²) in [5, 5.41) is 0.789. The number of halogens is 1. The van der Waals surface area contributed by atoms with Gasteiger partial charge in [0, 0.05) is 16.5 Å². The minimum atomic E-state index is -0.594. The van der Waals surface area contributed by atoms with Gasteiger partial charge in [0.15, 0.2) is 16.9 Å². The quantitative estimate of drug-likeness (QED) is 0.344. The monoisotopic (exact) mass is 491 g/mol. The summed E-state index contributed by atoms with van der Waals surface area (Å²) < 4.78 is 16.9. The average molecular weight is 492 g/mol. The second-order valence-corrected chi connectivity index (χ2v) is 9.43. The van der Waals surface area contributed by atoms with Crippen molar-refractivity contribution in [3.05, 3.63) is 98.4 Å². The Balaban J connectivity index is 1.51. The van der Waals surface area contributed by atoms with Crippen LogP contribution in [0.25, 0.3) is 11.0 Å². The van der Waals surface area contributed by atoms with E-state index in [-0.39, 0.29) is 30.4 Å². The van der Waals surface area contributed by atoms with Crippen LogP contribution in [-0.2, 0) is 6.54 Å². The summed E-state index contributed by atoms with van der Waals surface area (Å²) in [5.74, 6) is 1.04. The van der Waals surface area contributed by atoms with Crippen molar-refractivity contribution in [2.75, 3.05) is 13.0 Å². The maximum Gasteiger partial charge on any atom is 0.291 e. The highest BCUT2D eigenvalue weighted by molar-refractivity contribution is 7.98. The zero-order valence-electron chi connectivity index (χ0n) is 18.0. The highest BCUT2D eigenvalue weighted by atomic mass is 35.5. The maximum absolute atomic E-state index is 13.6. The summed E-state index contributed by atoms with van der Waals surface area (Å²) in [5.41, 5.74) is 2.11. The van der Waals surface area contributed by atoms with Gasteiger partial charge in [0.25, 0.3) is 5.91 Å². The van der Waals surface area contributed by atoms with E-state index in [0.717, 1.165) is 16.0 Å². The molecule has 3 aromatic carbocycles. The lowest BCUT2D eigenvalue weighted by molar-refractivity contribution is 0.0714. The zero-order valence-corrected chi connectivity index (χ0v) is 19.6. The van der Waals surface area contributed by atoms with Gasteiger partial charge in [0.2, 0.25) is 12.6 Å². The molecule has 0 fully saturated rings. The number of carbonyl (C=O) groups excluding carboxylic acids is 1. The summed E-state index contributed by atoms with van der Waals surface area (Å²) >= 11 is 7.78. The second kappa shape index (κ2) is 8.11. The molecule has 8 heteroatoms. The molecule has 1 atom stereocenters. The summed E-state index contributed by atoms with van der Waals surface area (Å²) in [6, 6.07) is 17.7. The number of fused-ring (bicyclic) bond motifs is 3. The molecule has 1 amide bonds. The first-order valence-corrected chi connectivity index (χ1v) is 12.2. The largest absolute Gasteiger partial charge is 0.454 e. The van der Waals surface area contributed by atoms with Gasteiger partial charge < -0.3 is 18.8 Å². The Morgan fingerprint density at radius 2 is 1.79 bits per heavy atom. The van der Waals surface area contributed by atoms with Gasteiger partial charge in [-0.15, -0.1) is 11.8 Å². The van der Waals surface area contributed by atoms with Crippen molar-refractivity contribution < 1.29 is 18.7 Å². The van der Waals surface area contributed by atoms with Crippen LogP contribution in [-0.4, -0.2) is 23.9 Å². The van der Waals surface area contributed by atoms with Crippen LogP contribution in [0.5, 0.6) is 11.5 Å². The summed E-state index contributed by atoms with van der Waals surface area (Å²) in [6.07, 6.45) is 2.00. The Bertz CT molecular complexity index is 1510. The van der Waals surface area contributed by atoms with E-state index in [1.807, 2.05) is 48.7 Å². The first-order valence-electron chi connectivity index (χ1n) is 10.6. The van der Waals surface area contributed by atoms with Crippen LogP contribution >= 0.6 is 23.4 Å². The Kier molecular flexibility index (Phi) is 5.04. The van der Waals surface area contributed by atoms with Gasteiger partial charge >= 0.3 is 0 Å². The number of hydrogen-bond acceptors (Lipinski definition) is 6. The summed E-state index contributed by atoms with van der Waals surface area (Å²) in [6.45, 7) is 0.440. The third-order valence-electron chi connectivity index (χ3n) is 6.15. The van der Waals surface area contributed by atoms with Gasteiger partial charge in [-0.05, 0) is 59.8 Å². The number of rotatable bonds is 4. The van der Waals surface area contributed by atoms with E-state index in [1.165, 1.54) is 0 Å². The number of thioether (sulfide) groups is 1. The number of hydrogen-bond donors (Lipinski definition) is 0. The first-order chi connectivity index (χ1) is 16.5. The fraction of sp³-hybridized carbons (Fsp3) is 0.154. The highest BCUT2D eigenvalue weighted by Gasteiger charge is 2.42. The molecular formula is C26H18ClNO5S. The predicted molar refractivity (Wildman–Crippen MR) is 130 cm³/mol. The molecule has 34 heavy (non-hydrogen) atoms. The van der Waals surface area contributed by atoms with Crippen molar-refractivity contribution in [3.63, 3.8) is 0 Å². The summed E-state index contributed by atoms with van der Waals surface area (Å²) in [4.78, 5) is 30.0. The van der Waals surface area contributed by atoms with Crippen molar-refractivity contribution in [3.8, 4) is 11.5 Å². The van der Waals surface area contributed by atoms with E-state index >= 15 is 0 Å². The third-order valence-corrected chi connectivity index (χ3v) is 7.13. The smallest absolute Gasteiger partial charge is 0.291 e. The Labute approximate surface area is 204 Å². The van der Waals surface area contributed by atoms with Crippen molar-refractivity contribution in [1.82, 2.24) is 4.90 Å². The van der Waals surface area contributed by atoms with Gasteiger partial charge in [0.1, 0.15) is 5.58 Å². The van der Waals surface area contributed by atoms with Gasteiger partial charge in [-0.2, -0.15) is 0 Å². The van der Waals surface area contributed by atoms with Gasteiger partial charge in [-0.3, -0.25) is 9.59 Å². The standard InChI is InChI=1S/C26H18ClNO5S/c1-34-17-6-3-15(4-7-17)23-22-24(29)18-11-16(27)5-9-19(18)33-25(22)26(30)28(23)12-14-2-8-20-21(10-14)32-13-31-20/h2-11,23H,12-13H2,1H3. The van der Waals surface area contributed by atoms with Crippen LogP contribution < -0.4 is 14.9 Å². The molecule has 6 nitrogen and oxygen atoms in total. The van der Waals surface area contributed by atoms with E-state index in [0.29, 0.717) is 33.1 Å². The zero-order chi connectivity index (χ0) is 23.4. The lowest BCUT2D eigenvalue weighted by Crippen LogP contribution is -2.29. The van der Waals surface area contributed by atoms with Crippen molar-refractivity contribution >= 4 is 40.2 Å². The first kappa shape index (κ1) is 21.1. The highest BCUT2D eigenvalue weighted by Crippen LogP contribution is 2.41. The normalized spacial score (nSPS) is 16.4. The van der Waals surface area contributed by atoms with Crippen LogP contribution in [0.2, 0.25) is 5.02 Å². The van der Waals surface area contributed by atoms with Crippen LogP contribution in [0.1, 0.15) is 33.3 Å². The molecule has 4 aromatic rings. The average Bonchev–Trinajstić information content (AvgIpc) is 3.43. The molecule has 0 bridgehead atoms. The molecule has 0 radical (unpaired) electrons. The number of ether oxygens (including phenoxy) is 2. The van der Waals surface area contributed by atoms with E-state index in [4.69, 9.17) is 25.5 Å². The number of amides is 1. The van der Waals surface area contributed by atoms with Crippen LogP contribution in [0.3, 0.4) is 0 Å². The second-order valence-electron chi connectivity index (χ2n) is 8.11. The molecule has 0 aliphatic carbocycles. The SMILES string of the molecule is CSc1ccc(C2c3c(oc4ccc(Cl)cc4c3=O)C(=O)N2Cc2ccc3c(c2)OCO3)cc1. The molecule has 0 saturated carbocycles. The molecule has 1 unspecified atom stereocenters. The Morgan fingerprint density at radius 3 is 2.59 bits per heavy atom. The molecule has 0 spiro atoms. The van der Waals surface area contributed by atoms with E-state index < -0.39 is 6.04 Å². The summed E-state index contributed by atoms with van der Waals surface area (Å²) in [7, 11) is 0. The number of nitrogens with zero attached hydrogens (tertiary/aromatic N) is 1. The maximum atomic E-state index is 13.6. The molecule has 2 aliphatic rings. The van der Waals surface area contributed by atoms with Gasteiger partial charge in [0.05, 0.1) is 17.0 Å². The molecule has 0 N–H and O–H groups in total. The lowest BCUT2D eigenvalue weighted by Gasteiger charge is -2.25. The van der Waals surface area contributed by atoms with Crippen molar-refractivity contribution in [2.24, 2.45) is 0 Å². The van der Waals surface area contributed by atoms with E-state index in [1.54, 1.807) is 34.9 Å². The fourth-order valence-corrected chi connectivity index (χ4v) is 5.10. The van der Waals surface area contributed by atoms with Crippen LogP contribution in [0.4, 0.5) is 0 Å². The molecule has 3 heterocycles. The predicted octanol–water partition coefficient (Wildman–Crippen LogP) is 5.64. The third kappa shape index (κ3) is 3.35. The molecule has 6 rings (SSSR count). The molecular weight excluding hydrogens is 474 g/mol. The van der Waals surface area contributed by atoms with E-state index in [2.05, 4.69) is 0 Å². The Morgan fingerprint density at radius 1 is 1.00 bits per heavy atom. The minimum Gasteiger partial charge on any atom is -0.454 e. The minimum absolute atomic E-state index is 0.0690. The van der Waals surface area contributed by atoms with Gasteiger partial charge in [-0.1, -0.05) is 29.8 Å². The Hall–Kier alpha value is -3.42. The fourth-order valence-electron chi connectivity index (χ4n) is 4.52. The van der Waals surface area contributed by atoms with Crippen molar-refractivity contribution in [2.45, 2.75) is 17.5 Å². The molecule has 2 aliphatic heterocycles. The number of benzene rings is 3. The molecule has 1 aromatic heterocycles. The van der Waals surface area contributed by atoms with Gasteiger partial charge in [-0.25, -0.2) is 0 Å². The van der Waals surface area contributed by atoms with Crippen LogP contribution in [0, 0.1) is 0 Å². The lowest BCUT2D eigenvalue weighted by atomic mass is 9.98. The van der Waals surface area contributed by atoms with Crippen LogP contribution in [0.15, 0.2) is 74.8 Å². The molecule has 170 valence electrons. The number of carbonyl (C=O) groups is 1.